The fourth-order valence-corrected chi connectivity index (χ4v) is 4.87. The van der Waals surface area contributed by atoms with Gasteiger partial charge in [-0.2, -0.15) is 9.49 Å². The number of hydrazine groups is 1. The van der Waals surface area contributed by atoms with Crippen LogP contribution in [0.3, 0.4) is 0 Å². The zero-order chi connectivity index (χ0) is 28.2. The number of amides is 2. The van der Waals surface area contributed by atoms with Gasteiger partial charge in [0.1, 0.15) is 11.3 Å². The van der Waals surface area contributed by atoms with E-state index >= 15 is 0 Å². The Bertz CT molecular complexity index is 1510. The minimum absolute atomic E-state index is 0.00457. The molecule has 0 bridgehead atoms. The first-order valence-electron chi connectivity index (χ1n) is 13.0. The molecule has 0 fully saturated rings. The Morgan fingerprint density at radius 1 is 1.07 bits per heavy atom. The third-order valence-electron chi connectivity index (χ3n) is 6.93. The number of hydrogen-bond donors (Lipinski definition) is 2. The van der Waals surface area contributed by atoms with E-state index in [1.807, 2.05) is 30.3 Å². The van der Waals surface area contributed by atoms with Crippen molar-refractivity contribution in [3.05, 3.63) is 77.5 Å². The van der Waals surface area contributed by atoms with Crippen LogP contribution in [0.2, 0.25) is 0 Å². The molecule has 2 atom stereocenters. The largest absolute Gasteiger partial charge is 0.494 e. The second-order valence-corrected chi connectivity index (χ2v) is 9.64. The first-order chi connectivity index (χ1) is 19.4. The third kappa shape index (κ3) is 5.50. The monoisotopic (exact) mass is 549 g/mol. The molecule has 2 aliphatic heterocycles. The van der Waals surface area contributed by atoms with E-state index in [-0.39, 0.29) is 53.8 Å². The van der Waals surface area contributed by atoms with E-state index in [1.165, 1.54) is 23.2 Å². The summed E-state index contributed by atoms with van der Waals surface area (Å²) >= 11 is 0. The Kier molecular flexibility index (Phi) is 8.01. The van der Waals surface area contributed by atoms with Crippen molar-refractivity contribution in [3.63, 3.8) is 0 Å². The molecule has 3 heterocycles. The number of fused-ring (bicyclic) bond motifs is 1. The molecular formula is C29H29F2N5O4. The molecule has 2 N–H and O–H groups in total. The lowest BCUT2D eigenvalue weighted by Gasteiger charge is -2.31. The van der Waals surface area contributed by atoms with E-state index in [0.717, 1.165) is 16.5 Å². The minimum atomic E-state index is -1.11. The fourth-order valence-electron chi connectivity index (χ4n) is 4.87. The Balaban J connectivity index is 1.17. The summed E-state index contributed by atoms with van der Waals surface area (Å²) in [5.74, 6) is -2.49. The smallest absolute Gasteiger partial charge is 0.260 e. The maximum absolute atomic E-state index is 14.8. The number of pyridine rings is 1. The van der Waals surface area contributed by atoms with E-state index in [1.54, 1.807) is 20.2 Å². The average Bonchev–Trinajstić information content (AvgIpc) is 2.96. The highest BCUT2D eigenvalue weighted by molar-refractivity contribution is 6.06. The van der Waals surface area contributed by atoms with Crippen molar-refractivity contribution in [3.8, 4) is 11.5 Å². The van der Waals surface area contributed by atoms with Gasteiger partial charge >= 0.3 is 0 Å². The van der Waals surface area contributed by atoms with E-state index in [4.69, 9.17) is 9.47 Å². The number of aromatic nitrogens is 1. The molecule has 0 saturated carbocycles. The number of carbonyl (C=O) groups excluding carboxylic acids is 2. The van der Waals surface area contributed by atoms with E-state index in [9.17, 15) is 18.4 Å². The average molecular weight is 550 g/mol. The number of methoxy groups -OCH3 is 1. The molecule has 11 heteroatoms. The molecule has 2 unspecified atom stereocenters. The molecule has 5 rings (SSSR count). The van der Waals surface area contributed by atoms with Crippen LogP contribution in [-0.2, 0) is 9.59 Å². The lowest BCUT2D eigenvalue weighted by atomic mass is 9.93. The second kappa shape index (κ2) is 11.8. The topological polar surface area (TPSA) is 105 Å². The minimum Gasteiger partial charge on any atom is -0.494 e. The maximum atomic E-state index is 14.8. The van der Waals surface area contributed by atoms with Crippen LogP contribution in [0.25, 0.3) is 10.9 Å². The number of carbonyl (C=O) groups is 2. The van der Waals surface area contributed by atoms with Crippen LogP contribution in [0.4, 0.5) is 8.78 Å². The van der Waals surface area contributed by atoms with E-state index in [0.29, 0.717) is 25.1 Å². The SMILES string of the molecule is COc1ccc(C2C=CC(=O)N(CCCCOc3ccc(C4=NNC(=O)CC4C)c(F)c3F)N2)c2cccnc12. The second-order valence-electron chi connectivity index (χ2n) is 9.64. The van der Waals surface area contributed by atoms with Gasteiger partial charge in [-0.05, 0) is 42.7 Å². The number of rotatable bonds is 9. The highest BCUT2D eigenvalue weighted by atomic mass is 19.2. The number of hydrogen-bond acceptors (Lipinski definition) is 7. The summed E-state index contributed by atoms with van der Waals surface area (Å²) in [6.45, 7) is 2.27. The predicted molar refractivity (Wildman–Crippen MR) is 145 cm³/mol. The summed E-state index contributed by atoms with van der Waals surface area (Å²) < 4.78 is 40.4. The quantitative estimate of drug-likeness (QED) is 0.388. The summed E-state index contributed by atoms with van der Waals surface area (Å²) in [4.78, 5) is 28.4. The Hall–Kier alpha value is -4.38. The highest BCUT2D eigenvalue weighted by Crippen LogP contribution is 2.32. The van der Waals surface area contributed by atoms with Gasteiger partial charge in [-0.15, -0.1) is 0 Å². The molecule has 0 saturated heterocycles. The summed E-state index contributed by atoms with van der Waals surface area (Å²) in [6, 6.07) is 10.1. The molecule has 0 radical (unpaired) electrons. The molecule has 2 aliphatic rings. The third-order valence-corrected chi connectivity index (χ3v) is 6.93. The van der Waals surface area contributed by atoms with Gasteiger partial charge in [0, 0.05) is 42.1 Å². The summed E-state index contributed by atoms with van der Waals surface area (Å²) in [6.07, 6.45) is 6.28. The molecule has 3 aromatic rings. The van der Waals surface area contributed by atoms with Crippen LogP contribution in [-0.4, -0.2) is 47.8 Å². The fraction of sp³-hybridized carbons (Fsp3) is 0.310. The number of unbranched alkanes of at least 4 members (excludes halogenated alkanes) is 1. The van der Waals surface area contributed by atoms with Gasteiger partial charge in [-0.1, -0.05) is 25.1 Å². The molecule has 2 aromatic carbocycles. The van der Waals surface area contributed by atoms with Gasteiger partial charge in [0.2, 0.25) is 11.7 Å². The van der Waals surface area contributed by atoms with Crippen molar-refractivity contribution in [1.82, 2.24) is 20.8 Å². The molecule has 9 nitrogen and oxygen atoms in total. The number of nitrogens with zero attached hydrogens (tertiary/aromatic N) is 3. The number of benzene rings is 2. The number of ether oxygens (including phenoxy) is 2. The standard InChI is InChI=1S/C29H29F2N5O4/c1-17-16-24(37)33-34-28(17)20-8-10-22(27(31)26(20)30)40-15-4-3-14-36-25(38)12-9-21(35-36)18-7-11-23(39-2)29-19(18)6-5-13-32-29/h5-13,17,21,35H,3-4,14-16H2,1-2H3,(H,33,37). The molecular weight excluding hydrogens is 520 g/mol. The lowest BCUT2D eigenvalue weighted by Crippen LogP contribution is -2.46. The Labute approximate surface area is 229 Å². The van der Waals surface area contributed by atoms with Crippen LogP contribution in [0.5, 0.6) is 11.5 Å². The van der Waals surface area contributed by atoms with Gasteiger partial charge in [0.25, 0.3) is 5.91 Å². The number of halogens is 2. The maximum Gasteiger partial charge on any atom is 0.260 e. The summed E-state index contributed by atoms with van der Waals surface area (Å²) in [7, 11) is 1.60. The van der Waals surface area contributed by atoms with Gasteiger partial charge in [0.15, 0.2) is 11.6 Å². The van der Waals surface area contributed by atoms with Crippen LogP contribution < -0.4 is 20.3 Å². The zero-order valence-electron chi connectivity index (χ0n) is 22.1. The van der Waals surface area contributed by atoms with Gasteiger partial charge in [-0.3, -0.25) is 19.6 Å². The van der Waals surface area contributed by atoms with E-state index < -0.39 is 11.6 Å². The van der Waals surface area contributed by atoms with Crippen LogP contribution in [0.15, 0.2) is 59.8 Å². The van der Waals surface area contributed by atoms with Crippen molar-refractivity contribution in [2.75, 3.05) is 20.3 Å². The van der Waals surface area contributed by atoms with Gasteiger partial charge < -0.3 is 9.47 Å². The molecule has 40 heavy (non-hydrogen) atoms. The lowest BCUT2D eigenvalue weighted by molar-refractivity contribution is -0.130. The molecule has 208 valence electrons. The first kappa shape index (κ1) is 27.2. The number of nitrogens with one attached hydrogen (secondary N) is 2. The Morgan fingerprint density at radius 2 is 1.90 bits per heavy atom. The summed E-state index contributed by atoms with van der Waals surface area (Å²) in [5, 5.41) is 6.35. The first-order valence-corrected chi connectivity index (χ1v) is 13.0. The van der Waals surface area contributed by atoms with Crippen molar-refractivity contribution in [1.29, 1.82) is 0 Å². The van der Waals surface area contributed by atoms with Gasteiger partial charge in [-0.25, -0.2) is 15.2 Å². The van der Waals surface area contributed by atoms with Crippen LogP contribution in [0, 0.1) is 17.6 Å². The van der Waals surface area contributed by atoms with Crippen molar-refractivity contribution < 1.29 is 27.8 Å². The molecule has 1 aromatic heterocycles. The highest BCUT2D eigenvalue weighted by Gasteiger charge is 2.27. The van der Waals surface area contributed by atoms with Crippen LogP contribution >= 0.6 is 0 Å². The predicted octanol–water partition coefficient (Wildman–Crippen LogP) is 4.19. The molecule has 2 amide bonds. The van der Waals surface area contributed by atoms with Gasteiger partial charge in [0.05, 0.1) is 25.5 Å². The zero-order valence-corrected chi connectivity index (χ0v) is 22.1. The number of hydrazone groups is 1. The van der Waals surface area contributed by atoms with Crippen molar-refractivity contribution >= 4 is 28.4 Å². The molecule has 0 aliphatic carbocycles. The normalized spacial score (nSPS) is 19.0. The Morgan fingerprint density at radius 3 is 2.70 bits per heavy atom. The van der Waals surface area contributed by atoms with E-state index in [2.05, 4.69) is 20.9 Å². The molecule has 0 spiro atoms. The van der Waals surface area contributed by atoms with Crippen LogP contribution in [0.1, 0.15) is 43.4 Å². The summed E-state index contributed by atoms with van der Waals surface area (Å²) in [5.41, 5.74) is 7.54. The van der Waals surface area contributed by atoms with Crippen molar-refractivity contribution in [2.45, 2.75) is 32.2 Å². The van der Waals surface area contributed by atoms with Crippen molar-refractivity contribution in [2.24, 2.45) is 11.0 Å².